The topological polar surface area (TPSA) is 66.5 Å². The van der Waals surface area contributed by atoms with E-state index >= 15 is 0 Å². The third-order valence-corrected chi connectivity index (χ3v) is 4.32. The summed E-state index contributed by atoms with van der Waals surface area (Å²) < 4.78 is 21.6. The van der Waals surface area contributed by atoms with Gasteiger partial charge >= 0.3 is 0 Å². The second kappa shape index (κ2) is 3.77. The van der Waals surface area contributed by atoms with E-state index in [0.29, 0.717) is 5.88 Å². The van der Waals surface area contributed by atoms with Crippen LogP contribution in [0.25, 0.3) is 0 Å². The number of halogens is 1. The normalized spacial score (nSPS) is 17.1. The minimum atomic E-state index is -3.67. The quantitative estimate of drug-likeness (QED) is 0.711. The van der Waals surface area contributed by atoms with Crippen molar-refractivity contribution < 1.29 is 13.2 Å². The SMILES string of the molecule is CC(=O)NN1C=C(S(=O)(=O)Cl)SC1. The Morgan fingerprint density at radius 3 is 2.77 bits per heavy atom. The number of rotatable bonds is 2. The summed E-state index contributed by atoms with van der Waals surface area (Å²) in [5.41, 5.74) is 2.42. The number of nitrogens with one attached hydrogen (secondary N) is 1. The molecule has 0 saturated carbocycles. The van der Waals surface area contributed by atoms with Crippen molar-refractivity contribution in [3.63, 3.8) is 0 Å². The highest BCUT2D eigenvalue weighted by molar-refractivity contribution is 8.29. The first-order valence-corrected chi connectivity index (χ1v) is 6.52. The molecule has 0 unspecified atom stereocenters. The second-order valence-electron chi connectivity index (χ2n) is 2.30. The van der Waals surface area contributed by atoms with Gasteiger partial charge in [0.1, 0.15) is 4.24 Å². The molecule has 0 aromatic rings. The first kappa shape index (κ1) is 10.7. The zero-order valence-corrected chi connectivity index (χ0v) is 9.04. The van der Waals surface area contributed by atoms with Gasteiger partial charge in [-0.15, -0.1) is 0 Å². The highest BCUT2D eigenvalue weighted by atomic mass is 35.7. The molecule has 8 heteroatoms. The fraction of sp³-hybridized carbons (Fsp3) is 0.400. The Morgan fingerprint density at radius 2 is 2.38 bits per heavy atom. The Morgan fingerprint density at radius 1 is 1.77 bits per heavy atom. The van der Waals surface area contributed by atoms with Crippen LogP contribution in [0.15, 0.2) is 10.4 Å². The van der Waals surface area contributed by atoms with Gasteiger partial charge in [-0.25, -0.2) is 8.42 Å². The summed E-state index contributed by atoms with van der Waals surface area (Å²) in [6.45, 7) is 1.34. The predicted molar refractivity (Wildman–Crippen MR) is 51.0 cm³/mol. The lowest BCUT2D eigenvalue weighted by atomic mass is 10.7. The first-order chi connectivity index (χ1) is 5.89. The van der Waals surface area contributed by atoms with Crippen molar-refractivity contribution in [1.29, 1.82) is 0 Å². The lowest BCUT2D eigenvalue weighted by Gasteiger charge is -2.13. The Balaban J connectivity index is 2.70. The average Bonchev–Trinajstić information content (AvgIpc) is 2.32. The van der Waals surface area contributed by atoms with E-state index in [9.17, 15) is 13.2 Å². The maximum absolute atomic E-state index is 10.8. The molecule has 1 aliphatic heterocycles. The monoisotopic (exact) mass is 242 g/mol. The molecule has 0 spiro atoms. The lowest BCUT2D eigenvalue weighted by Crippen LogP contribution is -2.34. The minimum Gasteiger partial charge on any atom is -0.281 e. The van der Waals surface area contributed by atoms with Crippen LogP contribution in [0.5, 0.6) is 0 Å². The van der Waals surface area contributed by atoms with Gasteiger partial charge in [0.15, 0.2) is 0 Å². The van der Waals surface area contributed by atoms with Crippen LogP contribution in [-0.4, -0.2) is 25.2 Å². The number of carbonyl (C=O) groups is 1. The average molecular weight is 243 g/mol. The molecule has 0 aliphatic carbocycles. The maximum Gasteiger partial charge on any atom is 0.268 e. The van der Waals surface area contributed by atoms with Crippen LogP contribution in [0.2, 0.25) is 0 Å². The number of nitrogens with zero attached hydrogens (tertiary/aromatic N) is 1. The second-order valence-corrected chi connectivity index (χ2v) is 6.08. The molecule has 0 saturated heterocycles. The third kappa shape index (κ3) is 3.09. The molecule has 1 heterocycles. The molecule has 0 fully saturated rings. The van der Waals surface area contributed by atoms with Gasteiger partial charge in [-0.1, -0.05) is 11.8 Å². The molecule has 1 N–H and O–H groups in total. The largest absolute Gasteiger partial charge is 0.281 e. The smallest absolute Gasteiger partial charge is 0.268 e. The molecule has 13 heavy (non-hydrogen) atoms. The summed E-state index contributed by atoms with van der Waals surface area (Å²) in [5, 5.41) is 1.36. The van der Waals surface area contributed by atoms with Crippen LogP contribution >= 0.6 is 22.4 Å². The highest BCUT2D eigenvalue weighted by Crippen LogP contribution is 2.30. The molecular formula is C5H7ClN2O3S2. The van der Waals surface area contributed by atoms with E-state index < -0.39 is 9.05 Å². The summed E-state index contributed by atoms with van der Waals surface area (Å²) in [6, 6.07) is 0. The number of amides is 1. The van der Waals surface area contributed by atoms with Crippen molar-refractivity contribution >= 4 is 37.4 Å². The van der Waals surface area contributed by atoms with Gasteiger partial charge in [0.05, 0.1) is 5.88 Å². The lowest BCUT2D eigenvalue weighted by molar-refractivity contribution is -0.122. The van der Waals surface area contributed by atoms with Crippen molar-refractivity contribution in [3.8, 4) is 0 Å². The zero-order valence-electron chi connectivity index (χ0n) is 6.65. The van der Waals surface area contributed by atoms with Gasteiger partial charge < -0.3 is 0 Å². The molecule has 0 radical (unpaired) electrons. The molecule has 0 bridgehead atoms. The number of carbonyl (C=O) groups excluding carboxylic acids is 1. The van der Waals surface area contributed by atoms with Gasteiger partial charge in [0, 0.05) is 23.8 Å². The molecule has 0 aromatic heterocycles. The van der Waals surface area contributed by atoms with E-state index in [4.69, 9.17) is 10.7 Å². The maximum atomic E-state index is 10.8. The Bertz CT molecular complexity index is 351. The van der Waals surface area contributed by atoms with Gasteiger partial charge in [0.2, 0.25) is 5.91 Å². The van der Waals surface area contributed by atoms with Crippen molar-refractivity contribution in [1.82, 2.24) is 10.4 Å². The summed E-state index contributed by atoms with van der Waals surface area (Å²) in [7, 11) is 1.42. The van der Waals surface area contributed by atoms with Crippen molar-refractivity contribution in [2.45, 2.75) is 6.92 Å². The van der Waals surface area contributed by atoms with Crippen molar-refractivity contribution in [2.24, 2.45) is 0 Å². The minimum absolute atomic E-state index is 0.0444. The van der Waals surface area contributed by atoms with E-state index in [-0.39, 0.29) is 10.1 Å². The van der Waals surface area contributed by atoms with Crippen molar-refractivity contribution in [3.05, 3.63) is 10.4 Å². The number of hydrazine groups is 1. The molecule has 1 amide bonds. The number of hydrogen-bond acceptors (Lipinski definition) is 5. The summed E-state index contributed by atoms with van der Waals surface area (Å²) in [5.74, 6) is 0.0889. The molecule has 74 valence electrons. The van der Waals surface area contributed by atoms with Crippen molar-refractivity contribution in [2.75, 3.05) is 5.88 Å². The molecular weight excluding hydrogens is 236 g/mol. The Hall–Kier alpha value is -0.400. The van der Waals surface area contributed by atoms with Crippen LogP contribution in [0, 0.1) is 0 Å². The van der Waals surface area contributed by atoms with E-state index in [0.717, 1.165) is 11.8 Å². The standard InChI is InChI=1S/C5H7ClN2O3S2/c1-4(9)7-8-2-5(12-3-8)13(6,10)11/h2H,3H2,1H3,(H,7,9). The zero-order chi connectivity index (χ0) is 10.1. The predicted octanol–water partition coefficient (Wildman–Crippen LogP) is 0.411. The number of thioether (sulfide) groups is 1. The first-order valence-electron chi connectivity index (χ1n) is 3.23. The van der Waals surface area contributed by atoms with E-state index in [2.05, 4.69) is 5.43 Å². The summed E-state index contributed by atoms with van der Waals surface area (Å²) >= 11 is 1.05. The summed E-state index contributed by atoms with van der Waals surface area (Å²) in [6.07, 6.45) is 1.29. The van der Waals surface area contributed by atoms with Gasteiger partial charge in [-0.2, -0.15) is 0 Å². The van der Waals surface area contributed by atoms with E-state index in [1.165, 1.54) is 18.1 Å². The molecule has 1 aliphatic rings. The Labute approximate surface area is 84.5 Å². The molecule has 5 nitrogen and oxygen atoms in total. The van der Waals surface area contributed by atoms with Gasteiger partial charge in [-0.3, -0.25) is 15.2 Å². The fourth-order valence-corrected chi connectivity index (χ4v) is 2.84. The molecule has 1 rings (SSSR count). The highest BCUT2D eigenvalue weighted by Gasteiger charge is 2.23. The van der Waals surface area contributed by atoms with Crippen LogP contribution in [0.3, 0.4) is 0 Å². The van der Waals surface area contributed by atoms with Crippen LogP contribution in [-0.2, 0) is 13.8 Å². The number of hydrogen-bond donors (Lipinski definition) is 1. The Kier molecular flexibility index (Phi) is 3.09. The van der Waals surface area contributed by atoms with Crippen LogP contribution in [0.4, 0.5) is 0 Å². The van der Waals surface area contributed by atoms with E-state index in [1.807, 2.05) is 0 Å². The van der Waals surface area contributed by atoms with Crippen LogP contribution in [0.1, 0.15) is 6.92 Å². The summed E-state index contributed by atoms with van der Waals surface area (Å²) in [4.78, 5) is 10.6. The third-order valence-electron chi connectivity index (χ3n) is 1.15. The van der Waals surface area contributed by atoms with Gasteiger partial charge in [0.25, 0.3) is 9.05 Å². The van der Waals surface area contributed by atoms with Gasteiger partial charge in [-0.05, 0) is 0 Å². The van der Waals surface area contributed by atoms with E-state index in [1.54, 1.807) is 0 Å². The molecule has 0 atom stereocenters. The van der Waals surface area contributed by atoms with Crippen LogP contribution < -0.4 is 5.43 Å². The molecule has 0 aromatic carbocycles. The fourth-order valence-electron chi connectivity index (χ4n) is 0.735.